The van der Waals surface area contributed by atoms with Gasteiger partial charge in [-0.05, 0) is 47.6 Å². The minimum atomic E-state index is -0.394. The van der Waals surface area contributed by atoms with Crippen LogP contribution in [0.3, 0.4) is 0 Å². The summed E-state index contributed by atoms with van der Waals surface area (Å²) in [6.45, 7) is 4.39. The molecule has 1 aliphatic rings. The van der Waals surface area contributed by atoms with Crippen molar-refractivity contribution in [1.29, 1.82) is 0 Å². The highest BCUT2D eigenvalue weighted by molar-refractivity contribution is 7.10. The van der Waals surface area contributed by atoms with Crippen molar-refractivity contribution in [2.45, 2.75) is 20.3 Å². The van der Waals surface area contributed by atoms with Gasteiger partial charge in [-0.25, -0.2) is 9.79 Å². The van der Waals surface area contributed by atoms with E-state index in [0.717, 1.165) is 16.9 Å². The first-order chi connectivity index (χ1) is 10.6. The van der Waals surface area contributed by atoms with E-state index in [-0.39, 0.29) is 0 Å². The second kappa shape index (κ2) is 6.28. The van der Waals surface area contributed by atoms with E-state index >= 15 is 0 Å². The van der Waals surface area contributed by atoms with E-state index in [1.807, 2.05) is 29.6 Å². The van der Waals surface area contributed by atoms with E-state index in [2.05, 4.69) is 31.0 Å². The van der Waals surface area contributed by atoms with E-state index < -0.39 is 5.97 Å². The third kappa shape index (κ3) is 3.34. The van der Waals surface area contributed by atoms with Crippen molar-refractivity contribution in [2.75, 3.05) is 0 Å². The molecule has 4 heteroatoms. The lowest BCUT2D eigenvalue weighted by Crippen LogP contribution is -2.05. The molecule has 0 unspecified atom stereocenters. The van der Waals surface area contributed by atoms with Crippen LogP contribution < -0.4 is 0 Å². The summed E-state index contributed by atoms with van der Waals surface area (Å²) in [6, 6.07) is 11.9. The first-order valence-electron chi connectivity index (χ1n) is 7.27. The second-order valence-electron chi connectivity index (χ2n) is 5.65. The summed E-state index contributed by atoms with van der Waals surface area (Å²) >= 11 is 1.56. The molecule has 0 spiro atoms. The number of thiophene rings is 1. The molecule has 22 heavy (non-hydrogen) atoms. The van der Waals surface area contributed by atoms with Crippen LogP contribution in [0.1, 0.15) is 29.9 Å². The summed E-state index contributed by atoms with van der Waals surface area (Å²) < 4.78 is 5.28. The van der Waals surface area contributed by atoms with Gasteiger partial charge in [-0.15, -0.1) is 11.3 Å². The lowest BCUT2D eigenvalue weighted by Gasteiger charge is -2.05. The fraction of sp³-hybridized carbons (Fsp3) is 0.222. The molecule has 3 rings (SSSR count). The van der Waals surface area contributed by atoms with Gasteiger partial charge >= 0.3 is 5.97 Å². The van der Waals surface area contributed by atoms with Crippen molar-refractivity contribution < 1.29 is 9.53 Å². The summed E-state index contributed by atoms with van der Waals surface area (Å²) in [6.07, 6.45) is 2.79. The van der Waals surface area contributed by atoms with Gasteiger partial charge in [0.1, 0.15) is 0 Å². The zero-order valence-electron chi connectivity index (χ0n) is 12.6. The predicted molar refractivity (Wildman–Crippen MR) is 89.9 cm³/mol. The molecule has 0 saturated heterocycles. The summed E-state index contributed by atoms with van der Waals surface area (Å²) in [5.41, 5.74) is 2.46. The van der Waals surface area contributed by atoms with Crippen LogP contribution >= 0.6 is 11.3 Å². The molecule has 0 N–H and O–H groups in total. The standard InChI is InChI=1S/C18H17NO2S/c1-12(2)10-13-5-7-14(8-6-13)17-19-16(18(20)21-17)11-15-4-3-9-22-15/h3-9,11-12H,10H2,1-2H3/b16-11+. The Bertz CT molecular complexity index is 725. The number of cyclic esters (lactones) is 1. The van der Waals surface area contributed by atoms with Crippen molar-refractivity contribution >= 4 is 29.3 Å². The second-order valence-corrected chi connectivity index (χ2v) is 6.63. The molecule has 1 aromatic heterocycles. The van der Waals surface area contributed by atoms with E-state index in [1.165, 1.54) is 5.56 Å². The van der Waals surface area contributed by atoms with Gasteiger partial charge in [-0.2, -0.15) is 0 Å². The molecule has 112 valence electrons. The van der Waals surface area contributed by atoms with Gasteiger partial charge in [0, 0.05) is 10.4 Å². The molecule has 0 atom stereocenters. The Morgan fingerprint density at radius 2 is 2.00 bits per heavy atom. The highest BCUT2D eigenvalue weighted by Gasteiger charge is 2.24. The van der Waals surface area contributed by atoms with Crippen LogP contribution in [-0.2, 0) is 16.0 Å². The van der Waals surface area contributed by atoms with E-state index in [4.69, 9.17) is 4.74 Å². The molecule has 0 amide bonds. The summed E-state index contributed by atoms with van der Waals surface area (Å²) in [4.78, 5) is 17.2. The van der Waals surface area contributed by atoms with Gasteiger partial charge < -0.3 is 4.74 Å². The Balaban J connectivity index is 1.82. The lowest BCUT2D eigenvalue weighted by atomic mass is 10.0. The highest BCUT2D eigenvalue weighted by Crippen LogP contribution is 2.21. The number of esters is 1. The van der Waals surface area contributed by atoms with Crippen molar-refractivity contribution in [3.05, 3.63) is 63.5 Å². The van der Waals surface area contributed by atoms with Gasteiger partial charge in [-0.3, -0.25) is 0 Å². The monoisotopic (exact) mass is 311 g/mol. The molecule has 0 bridgehead atoms. The Hall–Kier alpha value is -2.20. The molecule has 2 aromatic rings. The average Bonchev–Trinajstić information content (AvgIpc) is 3.10. The zero-order valence-corrected chi connectivity index (χ0v) is 13.4. The summed E-state index contributed by atoms with van der Waals surface area (Å²) in [5.74, 6) is 0.603. The number of nitrogens with zero attached hydrogens (tertiary/aromatic N) is 1. The van der Waals surface area contributed by atoms with Crippen LogP contribution in [-0.4, -0.2) is 11.9 Å². The third-order valence-corrected chi connectivity index (χ3v) is 4.11. The maximum atomic E-state index is 11.9. The Kier molecular flexibility index (Phi) is 4.20. The molecule has 0 saturated carbocycles. The van der Waals surface area contributed by atoms with Crippen LogP contribution in [0.2, 0.25) is 0 Å². The fourth-order valence-corrected chi connectivity index (χ4v) is 2.95. The van der Waals surface area contributed by atoms with Crippen LogP contribution in [0.4, 0.5) is 0 Å². The number of rotatable bonds is 4. The molecule has 3 nitrogen and oxygen atoms in total. The predicted octanol–water partition coefficient (Wildman–Crippen LogP) is 4.29. The first-order valence-corrected chi connectivity index (χ1v) is 8.15. The van der Waals surface area contributed by atoms with Crippen LogP contribution in [0.15, 0.2) is 52.5 Å². The number of aliphatic imine (C=N–C) groups is 1. The van der Waals surface area contributed by atoms with Gasteiger partial charge in [-0.1, -0.05) is 32.0 Å². The van der Waals surface area contributed by atoms with Crippen molar-refractivity contribution in [3.63, 3.8) is 0 Å². The maximum Gasteiger partial charge on any atom is 0.363 e. The average molecular weight is 311 g/mol. The van der Waals surface area contributed by atoms with Crippen molar-refractivity contribution in [3.8, 4) is 0 Å². The van der Waals surface area contributed by atoms with E-state index in [9.17, 15) is 4.79 Å². The topological polar surface area (TPSA) is 38.7 Å². The minimum Gasteiger partial charge on any atom is -0.402 e. The molecule has 0 radical (unpaired) electrons. The van der Waals surface area contributed by atoms with E-state index in [1.54, 1.807) is 17.4 Å². The Labute approximate surface area is 134 Å². The summed E-state index contributed by atoms with van der Waals surface area (Å²) in [5, 5.41) is 1.96. The minimum absolute atomic E-state index is 0.351. The SMILES string of the molecule is CC(C)Cc1ccc(C2=N/C(=C/c3cccs3)C(=O)O2)cc1. The van der Waals surface area contributed by atoms with Crippen LogP contribution in [0.25, 0.3) is 6.08 Å². The zero-order chi connectivity index (χ0) is 15.5. The summed E-state index contributed by atoms with van der Waals surface area (Å²) in [7, 11) is 0. The Morgan fingerprint density at radius 3 is 2.64 bits per heavy atom. The molecule has 1 aliphatic heterocycles. The van der Waals surface area contributed by atoms with Gasteiger partial charge in [0.05, 0.1) is 0 Å². The van der Waals surface area contributed by atoms with Crippen molar-refractivity contribution in [2.24, 2.45) is 10.9 Å². The number of benzene rings is 1. The smallest absolute Gasteiger partial charge is 0.363 e. The third-order valence-electron chi connectivity index (χ3n) is 3.29. The van der Waals surface area contributed by atoms with Gasteiger partial charge in [0.2, 0.25) is 5.90 Å². The molecule has 0 aliphatic carbocycles. The largest absolute Gasteiger partial charge is 0.402 e. The number of ether oxygens (including phenoxy) is 1. The molecule has 2 heterocycles. The molecule has 0 fully saturated rings. The van der Waals surface area contributed by atoms with Crippen LogP contribution in [0.5, 0.6) is 0 Å². The molecular formula is C18H17NO2S. The van der Waals surface area contributed by atoms with Gasteiger partial charge in [0.15, 0.2) is 5.70 Å². The Morgan fingerprint density at radius 1 is 1.23 bits per heavy atom. The quantitative estimate of drug-likeness (QED) is 0.624. The normalized spacial score (nSPS) is 16.2. The fourth-order valence-electron chi connectivity index (χ4n) is 2.30. The van der Waals surface area contributed by atoms with Crippen LogP contribution in [0, 0.1) is 5.92 Å². The van der Waals surface area contributed by atoms with E-state index in [0.29, 0.717) is 17.5 Å². The number of carbonyl (C=O) groups is 1. The lowest BCUT2D eigenvalue weighted by molar-refractivity contribution is -0.129. The first kappa shape index (κ1) is 14.7. The van der Waals surface area contributed by atoms with Crippen molar-refractivity contribution in [1.82, 2.24) is 0 Å². The number of hydrogen-bond acceptors (Lipinski definition) is 4. The van der Waals surface area contributed by atoms with Gasteiger partial charge in [0.25, 0.3) is 0 Å². The number of carbonyl (C=O) groups excluding carboxylic acids is 1. The maximum absolute atomic E-state index is 11.9. The number of hydrogen-bond donors (Lipinski definition) is 0. The molecular weight excluding hydrogens is 294 g/mol. The highest BCUT2D eigenvalue weighted by atomic mass is 32.1. The molecule has 1 aromatic carbocycles.